The van der Waals surface area contributed by atoms with Gasteiger partial charge < -0.3 is 10.6 Å². The molecule has 1 saturated heterocycles. The lowest BCUT2D eigenvalue weighted by Gasteiger charge is -2.30. The van der Waals surface area contributed by atoms with Gasteiger partial charge in [-0.2, -0.15) is 0 Å². The lowest BCUT2D eigenvalue weighted by atomic mass is 9.84. The molecule has 110 valence electrons. The lowest BCUT2D eigenvalue weighted by molar-refractivity contribution is -0.124. The number of carbonyl (C=O) groups excluding carboxylic acids is 1. The number of carbonyl (C=O) groups is 1. The van der Waals surface area contributed by atoms with Crippen LogP contribution >= 0.6 is 0 Å². The summed E-state index contributed by atoms with van der Waals surface area (Å²) in [5.74, 6) is 0.773. The molecule has 2 atom stereocenters. The van der Waals surface area contributed by atoms with Gasteiger partial charge in [-0.3, -0.25) is 4.79 Å². The first-order valence-electron chi connectivity index (χ1n) is 7.55. The summed E-state index contributed by atoms with van der Waals surface area (Å²) >= 11 is 0. The Balaban J connectivity index is 1.89. The smallest absolute Gasteiger partial charge is 0.237 e. The first-order valence-corrected chi connectivity index (χ1v) is 7.55. The Bertz CT molecular complexity index is 442. The number of amides is 1. The van der Waals surface area contributed by atoms with Crippen molar-refractivity contribution in [1.29, 1.82) is 0 Å². The largest absolute Gasteiger partial charge is 0.354 e. The summed E-state index contributed by atoms with van der Waals surface area (Å²) < 4.78 is 0. The maximum Gasteiger partial charge on any atom is 0.237 e. The van der Waals surface area contributed by atoms with Gasteiger partial charge in [0.05, 0.1) is 6.04 Å². The number of benzene rings is 1. The molecule has 2 rings (SSSR count). The van der Waals surface area contributed by atoms with Gasteiger partial charge in [0, 0.05) is 12.0 Å². The Morgan fingerprint density at radius 3 is 2.70 bits per heavy atom. The molecule has 1 aromatic rings. The Kier molecular flexibility index (Phi) is 4.81. The van der Waals surface area contributed by atoms with Gasteiger partial charge in [-0.15, -0.1) is 0 Å². The van der Waals surface area contributed by atoms with Gasteiger partial charge in [-0.1, -0.05) is 51.1 Å². The second-order valence-electron chi connectivity index (χ2n) is 6.60. The number of rotatable bonds is 4. The van der Waals surface area contributed by atoms with Gasteiger partial charge >= 0.3 is 0 Å². The predicted molar refractivity (Wildman–Crippen MR) is 82.7 cm³/mol. The van der Waals surface area contributed by atoms with E-state index >= 15 is 0 Å². The minimum Gasteiger partial charge on any atom is -0.354 e. The van der Waals surface area contributed by atoms with Crippen LogP contribution in [0.4, 0.5) is 0 Å². The molecule has 2 unspecified atom stereocenters. The van der Waals surface area contributed by atoms with Crippen molar-refractivity contribution >= 4 is 5.91 Å². The maximum absolute atomic E-state index is 12.2. The molecule has 0 spiro atoms. The number of hydrogen-bond donors (Lipinski definition) is 2. The van der Waals surface area contributed by atoms with E-state index in [1.807, 2.05) is 18.2 Å². The molecule has 3 nitrogen and oxygen atoms in total. The fourth-order valence-electron chi connectivity index (χ4n) is 2.73. The van der Waals surface area contributed by atoms with Crippen molar-refractivity contribution in [3.05, 3.63) is 35.9 Å². The molecular formula is C17H26N2O. The van der Waals surface area contributed by atoms with Gasteiger partial charge in [0.1, 0.15) is 0 Å². The van der Waals surface area contributed by atoms with E-state index in [2.05, 4.69) is 43.5 Å². The molecule has 20 heavy (non-hydrogen) atoms. The fourth-order valence-corrected chi connectivity index (χ4v) is 2.73. The van der Waals surface area contributed by atoms with Crippen molar-refractivity contribution in [2.24, 2.45) is 5.92 Å². The predicted octanol–water partition coefficient (Wildman–Crippen LogP) is 2.47. The zero-order valence-electron chi connectivity index (χ0n) is 12.8. The average Bonchev–Trinajstić information content (AvgIpc) is 2.46. The van der Waals surface area contributed by atoms with E-state index in [0.717, 1.165) is 13.0 Å². The van der Waals surface area contributed by atoms with Gasteiger partial charge in [0.15, 0.2) is 0 Å². The molecule has 0 bridgehead atoms. The third kappa shape index (κ3) is 3.83. The van der Waals surface area contributed by atoms with Crippen LogP contribution in [0, 0.1) is 5.92 Å². The topological polar surface area (TPSA) is 41.1 Å². The molecule has 0 radical (unpaired) electrons. The van der Waals surface area contributed by atoms with Crippen molar-refractivity contribution < 1.29 is 4.79 Å². The van der Waals surface area contributed by atoms with E-state index in [9.17, 15) is 4.79 Å². The van der Waals surface area contributed by atoms with Crippen LogP contribution in [-0.2, 0) is 10.2 Å². The number of nitrogens with one attached hydrogen (secondary N) is 2. The Morgan fingerprint density at radius 2 is 2.05 bits per heavy atom. The van der Waals surface area contributed by atoms with Crippen LogP contribution < -0.4 is 10.6 Å². The molecule has 1 aliphatic rings. The zero-order chi connectivity index (χ0) is 14.6. The van der Waals surface area contributed by atoms with Crippen LogP contribution in [0.1, 0.15) is 39.2 Å². The fraction of sp³-hybridized carbons (Fsp3) is 0.588. The van der Waals surface area contributed by atoms with Crippen molar-refractivity contribution in [3.63, 3.8) is 0 Å². The highest BCUT2D eigenvalue weighted by molar-refractivity contribution is 5.82. The molecule has 2 N–H and O–H groups in total. The molecule has 0 saturated carbocycles. The highest BCUT2D eigenvalue weighted by Crippen LogP contribution is 2.22. The third-order valence-corrected chi connectivity index (χ3v) is 4.24. The minimum atomic E-state index is -0.0444. The van der Waals surface area contributed by atoms with E-state index < -0.39 is 0 Å². The van der Waals surface area contributed by atoms with Gasteiger partial charge in [-0.25, -0.2) is 0 Å². The van der Waals surface area contributed by atoms with Crippen LogP contribution in [0.5, 0.6) is 0 Å². The summed E-state index contributed by atoms with van der Waals surface area (Å²) in [4.78, 5) is 12.2. The Labute approximate surface area is 122 Å². The Morgan fingerprint density at radius 1 is 1.35 bits per heavy atom. The monoisotopic (exact) mass is 274 g/mol. The van der Waals surface area contributed by atoms with Crippen molar-refractivity contribution in [3.8, 4) is 0 Å². The number of piperidine rings is 1. The van der Waals surface area contributed by atoms with Crippen LogP contribution in [-0.4, -0.2) is 25.0 Å². The second kappa shape index (κ2) is 6.40. The van der Waals surface area contributed by atoms with E-state index in [-0.39, 0.29) is 17.4 Å². The number of hydrogen-bond acceptors (Lipinski definition) is 2. The summed E-state index contributed by atoms with van der Waals surface area (Å²) in [5.41, 5.74) is 1.21. The lowest BCUT2D eigenvalue weighted by Crippen LogP contribution is -2.50. The summed E-state index contributed by atoms with van der Waals surface area (Å²) in [6, 6.07) is 10.3. The summed E-state index contributed by atoms with van der Waals surface area (Å²) in [6.07, 6.45) is 2.11. The van der Waals surface area contributed by atoms with Crippen LogP contribution in [0.3, 0.4) is 0 Å². The molecule has 1 aromatic carbocycles. The van der Waals surface area contributed by atoms with Crippen LogP contribution in [0.15, 0.2) is 30.3 Å². The highest BCUT2D eigenvalue weighted by Gasteiger charge is 2.27. The minimum absolute atomic E-state index is 0.0228. The van der Waals surface area contributed by atoms with Crippen LogP contribution in [0.25, 0.3) is 0 Å². The van der Waals surface area contributed by atoms with Gasteiger partial charge in [0.2, 0.25) is 5.91 Å². The van der Waals surface area contributed by atoms with Gasteiger partial charge in [0.25, 0.3) is 0 Å². The molecule has 1 aliphatic heterocycles. The van der Waals surface area contributed by atoms with E-state index in [1.165, 1.54) is 12.0 Å². The normalized spacial score (nSPS) is 23.4. The van der Waals surface area contributed by atoms with E-state index in [0.29, 0.717) is 12.5 Å². The molecular weight excluding hydrogens is 248 g/mol. The van der Waals surface area contributed by atoms with Crippen molar-refractivity contribution in [2.75, 3.05) is 13.1 Å². The average molecular weight is 274 g/mol. The molecule has 0 aliphatic carbocycles. The third-order valence-electron chi connectivity index (χ3n) is 4.24. The highest BCUT2D eigenvalue weighted by atomic mass is 16.2. The zero-order valence-corrected chi connectivity index (χ0v) is 12.8. The van der Waals surface area contributed by atoms with Crippen LogP contribution in [0.2, 0.25) is 0 Å². The Hall–Kier alpha value is -1.35. The van der Waals surface area contributed by atoms with E-state index in [1.54, 1.807) is 0 Å². The molecule has 0 aromatic heterocycles. The van der Waals surface area contributed by atoms with Crippen molar-refractivity contribution in [2.45, 2.75) is 45.1 Å². The first kappa shape index (κ1) is 15.0. The molecule has 1 fully saturated rings. The van der Waals surface area contributed by atoms with Crippen molar-refractivity contribution in [1.82, 2.24) is 10.6 Å². The maximum atomic E-state index is 12.2. The second-order valence-corrected chi connectivity index (χ2v) is 6.60. The van der Waals surface area contributed by atoms with Gasteiger partial charge in [-0.05, 0) is 30.9 Å². The summed E-state index contributed by atoms with van der Waals surface area (Å²) in [6.45, 7) is 8.16. The first-order chi connectivity index (χ1) is 9.49. The molecule has 3 heteroatoms. The summed E-state index contributed by atoms with van der Waals surface area (Å²) in [5, 5.41) is 6.42. The quantitative estimate of drug-likeness (QED) is 0.885. The molecule has 1 heterocycles. The standard InChI is InChI=1S/C17H26N2O/c1-13-9-10-18-15(11-13)16(20)19-12-17(2,3)14-7-5-4-6-8-14/h4-8,13,15,18H,9-12H2,1-3H3,(H,19,20). The SMILES string of the molecule is CC1CCNC(C(=O)NCC(C)(C)c2ccccc2)C1. The molecule has 1 amide bonds. The summed E-state index contributed by atoms with van der Waals surface area (Å²) in [7, 11) is 0. The van der Waals surface area contributed by atoms with E-state index in [4.69, 9.17) is 0 Å².